The molecule has 162 valence electrons. The lowest BCUT2D eigenvalue weighted by atomic mass is 10.1. The molecule has 2 unspecified atom stereocenters. The van der Waals surface area contributed by atoms with Crippen molar-refractivity contribution in [3.63, 3.8) is 0 Å². The number of amides is 1. The summed E-state index contributed by atoms with van der Waals surface area (Å²) in [4.78, 5) is 21.8. The topological polar surface area (TPSA) is 61.9 Å². The van der Waals surface area contributed by atoms with Gasteiger partial charge in [0.05, 0.1) is 35.1 Å². The molecule has 1 aromatic carbocycles. The zero-order valence-electron chi connectivity index (χ0n) is 17.4. The van der Waals surface area contributed by atoms with E-state index in [-0.39, 0.29) is 18.0 Å². The number of hydrazone groups is 1. The number of fused-ring (bicyclic) bond motifs is 1. The second kappa shape index (κ2) is 8.27. The molecule has 0 N–H and O–H groups in total. The van der Waals surface area contributed by atoms with Gasteiger partial charge in [0.15, 0.2) is 0 Å². The highest BCUT2D eigenvalue weighted by molar-refractivity contribution is 7.18. The van der Waals surface area contributed by atoms with Gasteiger partial charge in [0.2, 0.25) is 0 Å². The van der Waals surface area contributed by atoms with Crippen LogP contribution in [0.25, 0.3) is 10.2 Å². The Bertz CT molecular complexity index is 1230. The van der Waals surface area contributed by atoms with Gasteiger partial charge in [-0.3, -0.25) is 9.69 Å². The van der Waals surface area contributed by atoms with E-state index in [2.05, 4.69) is 23.1 Å². The molecular formula is C24H22N4O2S2. The van der Waals surface area contributed by atoms with Crippen molar-refractivity contribution in [1.82, 2.24) is 14.9 Å². The van der Waals surface area contributed by atoms with E-state index in [9.17, 15) is 4.79 Å². The number of furan rings is 1. The molecule has 0 bridgehead atoms. The van der Waals surface area contributed by atoms with Crippen LogP contribution in [0.15, 0.2) is 69.7 Å². The highest BCUT2D eigenvalue weighted by atomic mass is 32.1. The Kier molecular flexibility index (Phi) is 5.13. The maximum atomic E-state index is 13.5. The summed E-state index contributed by atoms with van der Waals surface area (Å²) in [6, 6.07) is 16.2. The number of carbonyl (C=O) groups excluding carboxylic acids is 1. The number of nitrogens with zero attached hydrogens (tertiary/aromatic N) is 4. The lowest BCUT2D eigenvalue weighted by Gasteiger charge is -2.26. The molecule has 0 saturated carbocycles. The fraction of sp³-hybridized carbons (Fsp3) is 0.292. The first-order chi connectivity index (χ1) is 15.8. The summed E-state index contributed by atoms with van der Waals surface area (Å²) in [7, 11) is 0. The molecule has 5 heterocycles. The molecule has 6 rings (SSSR count). The van der Waals surface area contributed by atoms with Gasteiger partial charge in [-0.2, -0.15) is 5.10 Å². The van der Waals surface area contributed by atoms with E-state index in [1.807, 2.05) is 35.7 Å². The minimum Gasteiger partial charge on any atom is -0.463 e. The Balaban J connectivity index is 1.25. The molecule has 8 heteroatoms. The third-order valence-corrected chi connectivity index (χ3v) is 8.25. The number of aromatic nitrogens is 1. The summed E-state index contributed by atoms with van der Waals surface area (Å²) >= 11 is 3.40. The van der Waals surface area contributed by atoms with Crippen LogP contribution in [0.5, 0.6) is 0 Å². The van der Waals surface area contributed by atoms with Gasteiger partial charge in [0.1, 0.15) is 16.5 Å². The number of benzene rings is 1. The van der Waals surface area contributed by atoms with Crippen molar-refractivity contribution in [3.8, 4) is 0 Å². The van der Waals surface area contributed by atoms with Gasteiger partial charge in [0, 0.05) is 11.3 Å². The summed E-state index contributed by atoms with van der Waals surface area (Å²) in [5.74, 6) is 0.758. The van der Waals surface area contributed by atoms with Crippen LogP contribution in [0.4, 0.5) is 0 Å². The molecule has 6 nitrogen and oxygen atoms in total. The molecule has 2 aliphatic heterocycles. The van der Waals surface area contributed by atoms with Crippen LogP contribution in [0.3, 0.4) is 0 Å². The van der Waals surface area contributed by atoms with Gasteiger partial charge < -0.3 is 4.42 Å². The van der Waals surface area contributed by atoms with Gasteiger partial charge in [-0.25, -0.2) is 9.99 Å². The lowest BCUT2D eigenvalue weighted by Crippen LogP contribution is -2.37. The number of thiophene rings is 1. The molecule has 1 saturated heterocycles. The highest BCUT2D eigenvalue weighted by Crippen LogP contribution is 2.38. The zero-order valence-corrected chi connectivity index (χ0v) is 19.0. The molecule has 32 heavy (non-hydrogen) atoms. The molecule has 3 aromatic heterocycles. The van der Waals surface area contributed by atoms with E-state index in [4.69, 9.17) is 14.5 Å². The zero-order chi connectivity index (χ0) is 21.5. The number of likely N-dealkylation sites (tertiary alicyclic amines) is 1. The maximum absolute atomic E-state index is 13.5. The Morgan fingerprint density at radius 2 is 2.06 bits per heavy atom. The molecule has 4 aromatic rings. The van der Waals surface area contributed by atoms with Gasteiger partial charge in [0.25, 0.3) is 5.91 Å². The summed E-state index contributed by atoms with van der Waals surface area (Å²) in [6.45, 7) is 1.25. The van der Waals surface area contributed by atoms with Crippen LogP contribution < -0.4 is 0 Å². The fourth-order valence-corrected chi connectivity index (χ4v) is 6.56. The number of para-hydroxylation sites is 1. The van der Waals surface area contributed by atoms with E-state index < -0.39 is 0 Å². The molecule has 0 radical (unpaired) electrons. The monoisotopic (exact) mass is 462 g/mol. The van der Waals surface area contributed by atoms with E-state index >= 15 is 0 Å². The molecule has 0 aliphatic carbocycles. The Morgan fingerprint density at radius 1 is 1.12 bits per heavy atom. The van der Waals surface area contributed by atoms with Crippen molar-refractivity contribution in [2.75, 3.05) is 13.1 Å². The van der Waals surface area contributed by atoms with Gasteiger partial charge >= 0.3 is 0 Å². The van der Waals surface area contributed by atoms with Crippen LogP contribution in [0.1, 0.15) is 47.0 Å². The summed E-state index contributed by atoms with van der Waals surface area (Å²) in [6.07, 6.45) is 4.42. The SMILES string of the molecule is O=C(CN1CCCC1c1nc2ccccc2s1)N1N=C(c2ccco2)CC1c1cccs1. The molecule has 2 atom stereocenters. The largest absolute Gasteiger partial charge is 0.463 e. The second-order valence-corrected chi connectivity index (χ2v) is 10.2. The third-order valence-electron chi connectivity index (χ3n) is 6.14. The predicted octanol–water partition coefficient (Wildman–Crippen LogP) is 5.47. The van der Waals surface area contributed by atoms with Crippen LogP contribution >= 0.6 is 22.7 Å². The Hall–Kier alpha value is -2.81. The van der Waals surface area contributed by atoms with Gasteiger partial charge in [-0.05, 0) is 55.1 Å². The van der Waals surface area contributed by atoms with Crippen molar-refractivity contribution >= 4 is 44.5 Å². The van der Waals surface area contributed by atoms with E-state index in [1.165, 1.54) is 4.70 Å². The summed E-state index contributed by atoms with van der Waals surface area (Å²) < 4.78 is 6.77. The van der Waals surface area contributed by atoms with Crippen molar-refractivity contribution in [1.29, 1.82) is 0 Å². The predicted molar refractivity (Wildman–Crippen MR) is 127 cm³/mol. The summed E-state index contributed by atoms with van der Waals surface area (Å²) in [5.41, 5.74) is 1.86. The third kappa shape index (κ3) is 3.58. The number of hydrogen-bond acceptors (Lipinski definition) is 7. The standard InChI is InChI=1S/C24H22N4O2S2/c29-23(15-27-11-3-7-18(27)24-25-16-6-1-2-9-21(16)32-24)28-19(22-10-5-13-31-22)14-17(26-28)20-8-4-12-30-20/h1-2,4-6,8-10,12-13,18-19H,3,7,11,14-15H2. The number of carbonyl (C=O) groups is 1. The van der Waals surface area contributed by atoms with Crippen molar-refractivity contribution < 1.29 is 9.21 Å². The Labute approximate surface area is 193 Å². The molecule has 0 spiro atoms. The van der Waals surface area contributed by atoms with Gasteiger partial charge in [-0.1, -0.05) is 18.2 Å². The minimum absolute atomic E-state index is 0.0259. The Morgan fingerprint density at radius 3 is 2.88 bits per heavy atom. The van der Waals surface area contributed by atoms with Crippen molar-refractivity contribution in [2.45, 2.75) is 31.3 Å². The number of rotatable bonds is 5. The second-order valence-electron chi connectivity index (χ2n) is 8.15. The van der Waals surface area contributed by atoms with Crippen LogP contribution in [0.2, 0.25) is 0 Å². The van der Waals surface area contributed by atoms with Gasteiger partial charge in [-0.15, -0.1) is 22.7 Å². The summed E-state index contributed by atoms with van der Waals surface area (Å²) in [5, 5.41) is 9.55. The highest BCUT2D eigenvalue weighted by Gasteiger charge is 2.37. The average Bonchev–Trinajstić information content (AvgIpc) is 3.61. The van der Waals surface area contributed by atoms with E-state index in [1.54, 1.807) is 33.9 Å². The van der Waals surface area contributed by atoms with Crippen LogP contribution in [0, 0.1) is 0 Å². The molecule has 2 aliphatic rings. The first-order valence-electron chi connectivity index (χ1n) is 10.8. The molecular weight excluding hydrogens is 440 g/mol. The van der Waals surface area contributed by atoms with Crippen molar-refractivity contribution in [3.05, 3.63) is 75.8 Å². The molecule has 1 amide bonds. The van der Waals surface area contributed by atoms with Crippen LogP contribution in [-0.4, -0.2) is 39.6 Å². The first-order valence-corrected chi connectivity index (χ1v) is 12.5. The van der Waals surface area contributed by atoms with E-state index in [0.717, 1.165) is 46.3 Å². The minimum atomic E-state index is -0.0777. The average molecular weight is 463 g/mol. The number of thiazole rings is 1. The normalized spacial score (nSPS) is 21.5. The van der Waals surface area contributed by atoms with Crippen molar-refractivity contribution in [2.24, 2.45) is 5.10 Å². The fourth-order valence-electron chi connectivity index (χ4n) is 4.61. The quantitative estimate of drug-likeness (QED) is 0.395. The maximum Gasteiger partial charge on any atom is 0.257 e. The lowest BCUT2D eigenvalue weighted by molar-refractivity contribution is -0.134. The molecule has 1 fully saturated rings. The van der Waals surface area contributed by atoms with Crippen LogP contribution in [-0.2, 0) is 4.79 Å². The smallest absolute Gasteiger partial charge is 0.257 e. The first kappa shape index (κ1) is 19.8. The van der Waals surface area contributed by atoms with E-state index in [0.29, 0.717) is 13.0 Å². The number of hydrogen-bond donors (Lipinski definition) is 0.